The minimum absolute atomic E-state index is 0.0128. The van der Waals surface area contributed by atoms with Crippen LogP contribution in [0, 0.1) is 0 Å². The van der Waals surface area contributed by atoms with Gasteiger partial charge in [0.05, 0.1) is 27.1 Å². The van der Waals surface area contributed by atoms with Crippen LogP contribution in [0.1, 0.15) is 37.7 Å². The monoisotopic (exact) mass is 343 g/mol. The third-order valence-corrected chi connectivity index (χ3v) is 5.60. The van der Waals surface area contributed by atoms with Crippen molar-refractivity contribution >= 4 is 29.1 Å². The van der Waals surface area contributed by atoms with E-state index in [0.29, 0.717) is 15.6 Å². The van der Waals surface area contributed by atoms with Gasteiger partial charge >= 0.3 is 0 Å². The van der Waals surface area contributed by atoms with Crippen LogP contribution in [0.5, 0.6) is 0 Å². The minimum Gasteiger partial charge on any atom is -0.350 e. The summed E-state index contributed by atoms with van der Waals surface area (Å²) in [6.45, 7) is 0.718. The standard InChI is InChI=1S/C17H24Cl2N2O/c1-21(2)17(9-4-3-5-10-17)12-20-16(22)11-13-14(18)7-6-8-15(13)19/h6-8H,3-5,9-12H2,1-2H3,(H,20,22)/p+1. The zero-order chi connectivity index (χ0) is 16.2. The molecule has 0 saturated heterocycles. The van der Waals surface area contributed by atoms with Gasteiger partial charge in [0.25, 0.3) is 0 Å². The number of likely N-dealkylation sites (N-methyl/N-ethyl adjacent to an activating group) is 1. The second-order valence-corrected chi connectivity index (χ2v) is 7.31. The maximum absolute atomic E-state index is 12.3. The van der Waals surface area contributed by atoms with E-state index in [0.717, 1.165) is 6.54 Å². The topological polar surface area (TPSA) is 33.5 Å². The highest BCUT2D eigenvalue weighted by Crippen LogP contribution is 2.26. The maximum atomic E-state index is 12.3. The van der Waals surface area contributed by atoms with Crippen LogP contribution in [-0.4, -0.2) is 32.1 Å². The molecule has 0 atom stereocenters. The van der Waals surface area contributed by atoms with Gasteiger partial charge in [0.15, 0.2) is 0 Å². The Morgan fingerprint density at radius 1 is 1.18 bits per heavy atom. The molecule has 0 bridgehead atoms. The molecule has 1 aromatic carbocycles. The third kappa shape index (κ3) is 4.15. The molecule has 1 fully saturated rings. The minimum atomic E-state index is -0.0128. The van der Waals surface area contributed by atoms with Gasteiger partial charge in [-0.2, -0.15) is 0 Å². The summed E-state index contributed by atoms with van der Waals surface area (Å²) in [5.74, 6) is -0.0128. The van der Waals surface area contributed by atoms with E-state index in [9.17, 15) is 4.79 Å². The van der Waals surface area contributed by atoms with Gasteiger partial charge < -0.3 is 10.2 Å². The number of halogens is 2. The molecule has 3 nitrogen and oxygen atoms in total. The highest BCUT2D eigenvalue weighted by Gasteiger charge is 2.38. The van der Waals surface area contributed by atoms with Crippen molar-refractivity contribution in [2.24, 2.45) is 0 Å². The largest absolute Gasteiger partial charge is 0.350 e. The fourth-order valence-electron chi connectivity index (χ4n) is 3.27. The van der Waals surface area contributed by atoms with Crippen LogP contribution in [0.15, 0.2) is 18.2 Å². The third-order valence-electron chi connectivity index (χ3n) is 4.89. The fraction of sp³-hybridized carbons (Fsp3) is 0.588. The SMILES string of the molecule is C[NH+](C)C1(CNC(=O)Cc2c(Cl)cccc2Cl)CCCCC1. The van der Waals surface area contributed by atoms with Crippen LogP contribution in [0.4, 0.5) is 0 Å². The van der Waals surface area contributed by atoms with E-state index >= 15 is 0 Å². The quantitative estimate of drug-likeness (QED) is 0.846. The number of nitrogens with one attached hydrogen (secondary N) is 2. The normalized spacial score (nSPS) is 17.5. The molecule has 5 heteroatoms. The van der Waals surface area contributed by atoms with Gasteiger partial charge in [-0.05, 0) is 30.5 Å². The predicted octanol–water partition coefficient (Wildman–Crippen LogP) is 2.50. The van der Waals surface area contributed by atoms with E-state index in [2.05, 4.69) is 19.4 Å². The van der Waals surface area contributed by atoms with Gasteiger partial charge in [-0.3, -0.25) is 4.79 Å². The van der Waals surface area contributed by atoms with Gasteiger partial charge in [0.2, 0.25) is 5.91 Å². The average Bonchev–Trinajstić information content (AvgIpc) is 2.50. The Balaban J connectivity index is 1.97. The summed E-state index contributed by atoms with van der Waals surface area (Å²) < 4.78 is 0. The summed E-state index contributed by atoms with van der Waals surface area (Å²) in [5, 5.41) is 4.20. The lowest BCUT2D eigenvalue weighted by Gasteiger charge is -2.39. The van der Waals surface area contributed by atoms with Gasteiger partial charge in [-0.1, -0.05) is 35.7 Å². The molecule has 0 radical (unpaired) electrons. The predicted molar refractivity (Wildman–Crippen MR) is 91.8 cm³/mol. The van der Waals surface area contributed by atoms with Crippen LogP contribution in [-0.2, 0) is 11.2 Å². The Kier molecular flexibility index (Phi) is 6.13. The van der Waals surface area contributed by atoms with Crippen LogP contribution in [0.2, 0.25) is 10.0 Å². The maximum Gasteiger partial charge on any atom is 0.224 e. The smallest absolute Gasteiger partial charge is 0.224 e. The molecule has 1 aromatic rings. The van der Waals surface area contributed by atoms with Crippen LogP contribution in [0.3, 0.4) is 0 Å². The lowest BCUT2D eigenvalue weighted by Crippen LogP contribution is -3.16. The Labute approximate surface area is 143 Å². The van der Waals surface area contributed by atoms with Crippen molar-refractivity contribution in [3.63, 3.8) is 0 Å². The lowest BCUT2D eigenvalue weighted by atomic mass is 9.80. The summed E-state index contributed by atoms with van der Waals surface area (Å²) in [4.78, 5) is 13.7. The number of rotatable bonds is 5. The van der Waals surface area contributed by atoms with E-state index in [-0.39, 0.29) is 17.9 Å². The molecule has 0 heterocycles. The molecule has 2 N–H and O–H groups in total. The second-order valence-electron chi connectivity index (χ2n) is 6.49. The van der Waals surface area contributed by atoms with E-state index in [1.54, 1.807) is 18.2 Å². The average molecular weight is 344 g/mol. The molecule has 0 spiro atoms. The molecule has 0 aromatic heterocycles. The van der Waals surface area contributed by atoms with Crippen molar-refractivity contribution < 1.29 is 9.69 Å². The van der Waals surface area contributed by atoms with Gasteiger partial charge in [-0.15, -0.1) is 0 Å². The van der Waals surface area contributed by atoms with Crippen molar-refractivity contribution in [2.45, 2.75) is 44.1 Å². The molecule has 0 unspecified atom stereocenters. The number of carbonyl (C=O) groups is 1. The Hall–Kier alpha value is -0.770. The van der Waals surface area contributed by atoms with Gasteiger partial charge in [-0.25, -0.2) is 0 Å². The molecule has 1 saturated carbocycles. The first-order valence-electron chi connectivity index (χ1n) is 7.95. The number of carbonyl (C=O) groups excluding carboxylic acids is 1. The van der Waals surface area contributed by atoms with Crippen LogP contribution >= 0.6 is 23.2 Å². The summed E-state index contributed by atoms with van der Waals surface area (Å²) in [7, 11) is 4.37. The highest BCUT2D eigenvalue weighted by molar-refractivity contribution is 6.36. The summed E-state index contributed by atoms with van der Waals surface area (Å²) in [6, 6.07) is 5.32. The zero-order valence-electron chi connectivity index (χ0n) is 13.3. The van der Waals surface area contributed by atoms with E-state index in [1.165, 1.54) is 37.0 Å². The number of hydrogen-bond donors (Lipinski definition) is 2. The molecule has 1 amide bonds. The zero-order valence-corrected chi connectivity index (χ0v) is 14.9. The summed E-state index contributed by atoms with van der Waals surface area (Å²) in [5.41, 5.74) is 0.872. The molecule has 2 rings (SSSR count). The van der Waals surface area contributed by atoms with E-state index in [4.69, 9.17) is 23.2 Å². The van der Waals surface area contributed by atoms with E-state index in [1.807, 2.05) is 0 Å². The van der Waals surface area contributed by atoms with Crippen molar-refractivity contribution in [2.75, 3.05) is 20.6 Å². The Morgan fingerprint density at radius 2 is 1.77 bits per heavy atom. The van der Waals surface area contributed by atoms with Crippen LogP contribution < -0.4 is 10.2 Å². The number of hydrogen-bond acceptors (Lipinski definition) is 1. The van der Waals surface area contributed by atoms with Crippen LogP contribution in [0.25, 0.3) is 0 Å². The first-order chi connectivity index (χ1) is 10.4. The van der Waals surface area contributed by atoms with Crippen molar-refractivity contribution in [3.8, 4) is 0 Å². The molecular formula is C17H25Cl2N2O+. The van der Waals surface area contributed by atoms with Crippen molar-refractivity contribution in [1.29, 1.82) is 0 Å². The molecule has 0 aliphatic heterocycles. The highest BCUT2D eigenvalue weighted by atomic mass is 35.5. The van der Waals surface area contributed by atoms with Gasteiger partial charge in [0.1, 0.15) is 5.54 Å². The first-order valence-corrected chi connectivity index (χ1v) is 8.70. The van der Waals surface area contributed by atoms with Crippen molar-refractivity contribution in [1.82, 2.24) is 5.32 Å². The number of amides is 1. The van der Waals surface area contributed by atoms with Crippen molar-refractivity contribution in [3.05, 3.63) is 33.8 Å². The number of benzene rings is 1. The molecule has 22 heavy (non-hydrogen) atoms. The van der Waals surface area contributed by atoms with Gasteiger partial charge in [0, 0.05) is 22.9 Å². The Bertz CT molecular complexity index is 505. The fourth-order valence-corrected chi connectivity index (χ4v) is 3.81. The molecule has 1 aliphatic rings. The first kappa shape index (κ1) is 17.6. The molecule has 1 aliphatic carbocycles. The van der Waals surface area contributed by atoms with E-state index < -0.39 is 0 Å². The lowest BCUT2D eigenvalue weighted by molar-refractivity contribution is -0.916. The Morgan fingerprint density at radius 3 is 2.32 bits per heavy atom. The molecule has 122 valence electrons. The summed E-state index contributed by atoms with van der Waals surface area (Å²) >= 11 is 12.3. The summed E-state index contributed by atoms with van der Waals surface area (Å²) in [6.07, 6.45) is 6.37. The second kappa shape index (κ2) is 7.67. The molecular weight excluding hydrogens is 319 g/mol. The number of quaternary nitrogens is 1.